The quantitative estimate of drug-likeness (QED) is 0.227. The van der Waals surface area contributed by atoms with Crippen LogP contribution in [0.5, 0.6) is 0 Å². The van der Waals surface area contributed by atoms with E-state index in [0.29, 0.717) is 31.0 Å². The van der Waals surface area contributed by atoms with Crippen molar-refractivity contribution in [3.8, 4) is 11.6 Å². The van der Waals surface area contributed by atoms with E-state index in [1.807, 2.05) is 0 Å². The van der Waals surface area contributed by atoms with Gasteiger partial charge >= 0.3 is 7.60 Å². The molecule has 1 N–H and O–H groups in total. The third-order valence-electron chi connectivity index (χ3n) is 9.38. The minimum absolute atomic E-state index is 0.140. The van der Waals surface area contributed by atoms with Crippen LogP contribution < -0.4 is 0 Å². The second kappa shape index (κ2) is 10.8. The topological polar surface area (TPSA) is 72.8 Å². The zero-order chi connectivity index (χ0) is 27.1. The van der Waals surface area contributed by atoms with Crippen LogP contribution >= 0.6 is 19.4 Å². The summed E-state index contributed by atoms with van der Waals surface area (Å²) < 4.78 is 24.0. The molecule has 5 atom stereocenters. The lowest BCUT2D eigenvalue weighted by Gasteiger charge is -2.53. The van der Waals surface area contributed by atoms with Crippen LogP contribution in [-0.4, -0.2) is 36.0 Å². The fourth-order valence-electron chi connectivity index (χ4n) is 7.54. The molecule has 0 unspecified atom stereocenters. The Hall–Kier alpha value is -1.61. The molecule has 5 rings (SSSR count). The van der Waals surface area contributed by atoms with Gasteiger partial charge in [-0.2, -0.15) is 0 Å². The maximum Gasteiger partial charge on any atom is 0.405 e. The van der Waals surface area contributed by atoms with Crippen LogP contribution in [0.2, 0.25) is 0 Å². The minimum atomic E-state index is -3.60. The Bertz CT molecular complexity index is 1260. The van der Waals surface area contributed by atoms with Gasteiger partial charge in [0, 0.05) is 34.7 Å². The predicted molar refractivity (Wildman–Crippen MR) is 152 cm³/mol. The number of Topliss-reactive ketones (excluding diaryl/α,β-unsaturated/α-hetero) is 1. The molecule has 0 aromatic heterocycles. The summed E-state index contributed by atoms with van der Waals surface area (Å²) in [6.07, 6.45) is 9.39. The smallest absolute Gasteiger partial charge is 0.377 e. The number of fused-ring (bicyclic) bond motifs is 4. The zero-order valence-corrected chi connectivity index (χ0v) is 24.6. The van der Waals surface area contributed by atoms with E-state index in [-0.39, 0.29) is 25.0 Å². The maximum atomic E-state index is 13.2. The highest BCUT2D eigenvalue weighted by Gasteiger charge is 2.62. The van der Waals surface area contributed by atoms with Gasteiger partial charge in [-0.25, -0.2) is 4.57 Å². The molecule has 7 heteroatoms. The number of allylic oxidation sites excluding steroid dienone is 4. The Morgan fingerprint density at radius 3 is 2.53 bits per heavy atom. The largest absolute Gasteiger partial charge is 0.405 e. The van der Waals surface area contributed by atoms with E-state index in [4.69, 9.17) is 9.05 Å². The first kappa shape index (κ1) is 27.9. The average Bonchev–Trinajstić information content (AvgIpc) is 3.17. The van der Waals surface area contributed by atoms with Crippen LogP contribution in [0.4, 0.5) is 0 Å². The first-order valence-electron chi connectivity index (χ1n) is 13.9. The van der Waals surface area contributed by atoms with Gasteiger partial charge in [0.2, 0.25) is 0 Å². The van der Waals surface area contributed by atoms with E-state index < -0.39 is 18.6 Å². The lowest BCUT2D eigenvalue weighted by atomic mass is 9.51. The van der Waals surface area contributed by atoms with Crippen molar-refractivity contribution in [1.29, 1.82) is 0 Å². The molecular formula is C31H39O5PS. The molecule has 3 saturated carbocycles. The lowest BCUT2D eigenvalue weighted by molar-refractivity contribution is -0.118. The summed E-state index contributed by atoms with van der Waals surface area (Å²) >= 11 is 1.73. The number of thioether (sulfide) groups is 1. The number of benzene rings is 1. The molecule has 4 aliphatic rings. The van der Waals surface area contributed by atoms with E-state index >= 15 is 0 Å². The van der Waals surface area contributed by atoms with E-state index in [1.54, 1.807) is 25.6 Å². The van der Waals surface area contributed by atoms with Crippen LogP contribution in [-0.2, 0) is 18.4 Å². The highest BCUT2D eigenvalue weighted by atomic mass is 32.2. The van der Waals surface area contributed by atoms with Crippen molar-refractivity contribution in [2.24, 2.45) is 17.3 Å². The fraction of sp³-hybridized carbons (Fsp3) is 0.581. The fourth-order valence-corrected chi connectivity index (χ4v) is 9.16. The van der Waals surface area contributed by atoms with Crippen molar-refractivity contribution in [2.45, 2.75) is 82.1 Å². The molecule has 3 fully saturated rings. The Morgan fingerprint density at radius 2 is 1.87 bits per heavy atom. The van der Waals surface area contributed by atoms with E-state index in [0.717, 1.165) is 25.7 Å². The highest BCUT2D eigenvalue weighted by molar-refractivity contribution is 7.98. The van der Waals surface area contributed by atoms with Crippen molar-refractivity contribution in [2.75, 3.05) is 19.5 Å². The van der Waals surface area contributed by atoms with Crippen LogP contribution in [0.1, 0.15) is 77.2 Å². The van der Waals surface area contributed by atoms with Crippen LogP contribution in [0.15, 0.2) is 52.0 Å². The van der Waals surface area contributed by atoms with Gasteiger partial charge in [0.1, 0.15) is 11.4 Å². The first-order chi connectivity index (χ1) is 18.2. The molecule has 38 heavy (non-hydrogen) atoms. The van der Waals surface area contributed by atoms with Gasteiger partial charge in [0.05, 0.1) is 13.2 Å². The molecule has 0 bridgehead atoms. The second-order valence-electron chi connectivity index (χ2n) is 11.2. The highest BCUT2D eigenvalue weighted by Crippen LogP contribution is 2.66. The van der Waals surface area contributed by atoms with Crippen LogP contribution in [0.3, 0.4) is 0 Å². The van der Waals surface area contributed by atoms with Crippen LogP contribution in [0, 0.1) is 28.8 Å². The molecule has 1 aromatic carbocycles. The van der Waals surface area contributed by atoms with Crippen molar-refractivity contribution in [3.63, 3.8) is 0 Å². The average molecular weight is 555 g/mol. The third kappa shape index (κ3) is 4.80. The maximum absolute atomic E-state index is 13.2. The summed E-state index contributed by atoms with van der Waals surface area (Å²) in [6.45, 7) is 6.17. The monoisotopic (exact) mass is 554 g/mol. The number of aliphatic hydroxyl groups is 1. The van der Waals surface area contributed by atoms with Gasteiger partial charge in [0.25, 0.3) is 0 Å². The number of hydrogen-bond donors (Lipinski definition) is 1. The number of rotatable bonds is 6. The Labute approximate surface area is 231 Å². The normalized spacial score (nSPS) is 32.6. The summed E-state index contributed by atoms with van der Waals surface area (Å²) in [6, 6.07) is 8.82. The second-order valence-corrected chi connectivity index (χ2v) is 13.9. The molecule has 0 spiro atoms. The minimum Gasteiger partial charge on any atom is -0.377 e. The number of carbonyl (C=O) groups is 1. The van der Waals surface area contributed by atoms with Crippen LogP contribution in [0.25, 0.3) is 0 Å². The summed E-state index contributed by atoms with van der Waals surface area (Å²) in [5.74, 6) is 4.09. The molecule has 1 aromatic rings. The number of ketones is 1. The number of carbonyl (C=O) groups excluding carboxylic acids is 1. The van der Waals surface area contributed by atoms with Gasteiger partial charge < -0.3 is 5.11 Å². The van der Waals surface area contributed by atoms with E-state index in [2.05, 4.69) is 55.1 Å². The zero-order valence-electron chi connectivity index (χ0n) is 22.9. The molecule has 204 valence electrons. The molecule has 0 radical (unpaired) electrons. The Morgan fingerprint density at radius 1 is 1.16 bits per heavy atom. The van der Waals surface area contributed by atoms with Gasteiger partial charge in [0.15, 0.2) is 0 Å². The van der Waals surface area contributed by atoms with Gasteiger partial charge in [-0.05, 0) is 92.9 Å². The molecule has 0 aliphatic heterocycles. The molecule has 4 aliphatic carbocycles. The number of hydrogen-bond acceptors (Lipinski definition) is 6. The van der Waals surface area contributed by atoms with Gasteiger partial charge in [-0.1, -0.05) is 36.6 Å². The van der Waals surface area contributed by atoms with Crippen molar-refractivity contribution >= 4 is 25.1 Å². The summed E-state index contributed by atoms with van der Waals surface area (Å²) in [5.41, 5.74) is 6.35. The molecule has 5 nitrogen and oxygen atoms in total. The standard InChI is InChI=1S/C31H39O5PS/c1-5-35-37(34,36-6-2)18-17-31(33)16-15-28-26-13-9-22-19-23(32)10-14-25(22)29(26)27(20-30(28,31)3)21-7-11-24(38-4)12-8-21/h7-9,11-12,26-28,33H,5-6,10,13-16,19-20H2,1-4H3/t26-,27+,28-,30-,31+/m0/s1. The van der Waals surface area contributed by atoms with Crippen molar-refractivity contribution in [3.05, 3.63) is 52.6 Å². The van der Waals surface area contributed by atoms with Gasteiger partial charge in [-0.15, -0.1) is 11.8 Å². The lowest BCUT2D eigenvalue weighted by Crippen LogP contribution is -2.50. The molecular weight excluding hydrogens is 515 g/mol. The van der Waals surface area contributed by atoms with Crippen molar-refractivity contribution in [1.82, 2.24) is 0 Å². The summed E-state index contributed by atoms with van der Waals surface area (Å²) in [7, 11) is -3.60. The Kier molecular flexibility index (Phi) is 7.91. The predicted octanol–water partition coefficient (Wildman–Crippen LogP) is 7.27. The van der Waals surface area contributed by atoms with E-state index in [1.165, 1.54) is 27.2 Å². The summed E-state index contributed by atoms with van der Waals surface area (Å²) in [5, 5.41) is 12.2. The third-order valence-corrected chi connectivity index (χ3v) is 11.7. The first-order valence-corrected chi connectivity index (χ1v) is 16.7. The van der Waals surface area contributed by atoms with Crippen molar-refractivity contribution < 1.29 is 23.5 Å². The van der Waals surface area contributed by atoms with E-state index in [9.17, 15) is 14.5 Å². The summed E-state index contributed by atoms with van der Waals surface area (Å²) in [4.78, 5) is 13.5. The Balaban J connectivity index is 1.59. The van der Waals surface area contributed by atoms with Gasteiger partial charge in [-0.3, -0.25) is 13.8 Å². The SMILES string of the molecule is CCOP(=O)(C#C[C@]1(O)CC[C@H]2[C@@H]3CC=C4CC(=O)CCC4=C3[C@@H](c3ccc(SC)cc3)C[C@@]21C)OCC. The molecule has 0 saturated heterocycles. The molecule has 0 amide bonds. The molecule has 0 heterocycles.